The molecule has 0 saturated heterocycles. The third-order valence-electron chi connectivity index (χ3n) is 4.11. The highest BCUT2D eigenvalue weighted by molar-refractivity contribution is 7.22. The van der Waals surface area contributed by atoms with Gasteiger partial charge in [0.15, 0.2) is 16.8 Å². The molecule has 0 aliphatic carbocycles. The van der Waals surface area contributed by atoms with Gasteiger partial charge in [0.05, 0.1) is 23.0 Å². The monoisotopic (exact) mass is 413 g/mol. The number of hydrogen-bond acceptors (Lipinski definition) is 6. The largest absolute Gasteiger partial charge is 0.494 e. The van der Waals surface area contributed by atoms with E-state index < -0.39 is 0 Å². The average molecular weight is 414 g/mol. The van der Waals surface area contributed by atoms with Crippen LogP contribution in [-0.2, 0) is 11.2 Å². The highest BCUT2D eigenvalue weighted by Crippen LogP contribution is 2.32. The lowest BCUT2D eigenvalue weighted by atomic mass is 10.2. The quantitative estimate of drug-likeness (QED) is 0.471. The van der Waals surface area contributed by atoms with Crippen molar-refractivity contribution in [2.75, 3.05) is 12.4 Å². The first-order valence-corrected chi connectivity index (χ1v) is 9.76. The standard InChI is InChI=1S/C20H16ClN3O3S/c1-26-14-7-4-8-16-19(14)24-20(28-16)23-17(25)9-10-18-22-11-15(27-18)12-5-2-3-6-13(12)21/h2-8,11H,9-10H2,1H3,(H,23,24,25). The summed E-state index contributed by atoms with van der Waals surface area (Å²) in [6.07, 6.45) is 2.23. The number of halogens is 1. The number of hydrogen-bond donors (Lipinski definition) is 1. The predicted octanol–water partition coefficient (Wildman–Crippen LogP) is 5.18. The SMILES string of the molecule is COc1cccc2sc(NC(=O)CCc3ncc(-c4ccccc4Cl)o3)nc12. The lowest BCUT2D eigenvalue weighted by Gasteiger charge is -2.00. The number of benzene rings is 2. The third kappa shape index (κ3) is 3.85. The molecule has 0 bridgehead atoms. The number of amides is 1. The van der Waals surface area contributed by atoms with E-state index in [9.17, 15) is 4.79 Å². The number of nitrogens with zero attached hydrogens (tertiary/aromatic N) is 2. The van der Waals surface area contributed by atoms with Gasteiger partial charge in [0.2, 0.25) is 5.91 Å². The number of methoxy groups -OCH3 is 1. The normalized spacial score (nSPS) is 10.9. The molecule has 28 heavy (non-hydrogen) atoms. The first-order chi connectivity index (χ1) is 13.6. The summed E-state index contributed by atoms with van der Waals surface area (Å²) in [7, 11) is 1.60. The van der Waals surface area contributed by atoms with Crippen LogP contribution in [-0.4, -0.2) is 23.0 Å². The van der Waals surface area contributed by atoms with Crippen LogP contribution in [0, 0.1) is 0 Å². The zero-order valence-corrected chi connectivity index (χ0v) is 16.5. The second kappa shape index (κ2) is 8.00. The van der Waals surface area contributed by atoms with Crippen LogP contribution in [0.2, 0.25) is 5.02 Å². The molecule has 2 heterocycles. The highest BCUT2D eigenvalue weighted by atomic mass is 35.5. The molecule has 1 N–H and O–H groups in total. The van der Waals surface area contributed by atoms with Crippen LogP contribution in [0.1, 0.15) is 12.3 Å². The molecule has 4 rings (SSSR count). The fraction of sp³-hybridized carbons (Fsp3) is 0.150. The second-order valence-electron chi connectivity index (χ2n) is 5.97. The predicted molar refractivity (Wildman–Crippen MR) is 110 cm³/mol. The zero-order valence-electron chi connectivity index (χ0n) is 14.9. The minimum absolute atomic E-state index is 0.157. The summed E-state index contributed by atoms with van der Waals surface area (Å²) in [6, 6.07) is 13.1. The van der Waals surface area contributed by atoms with E-state index in [-0.39, 0.29) is 12.3 Å². The van der Waals surface area contributed by atoms with Crippen LogP contribution >= 0.6 is 22.9 Å². The molecule has 2 aromatic heterocycles. The Bertz CT molecular complexity index is 1140. The van der Waals surface area contributed by atoms with E-state index in [1.807, 2.05) is 36.4 Å². The summed E-state index contributed by atoms with van der Waals surface area (Å²) in [6.45, 7) is 0. The van der Waals surface area contributed by atoms with Crippen LogP contribution < -0.4 is 10.1 Å². The minimum atomic E-state index is -0.157. The lowest BCUT2D eigenvalue weighted by molar-refractivity contribution is -0.116. The van der Waals surface area contributed by atoms with Crippen molar-refractivity contribution in [2.45, 2.75) is 12.8 Å². The maximum Gasteiger partial charge on any atom is 0.226 e. The third-order valence-corrected chi connectivity index (χ3v) is 5.37. The molecule has 0 unspecified atom stereocenters. The van der Waals surface area contributed by atoms with Crippen LogP contribution in [0.3, 0.4) is 0 Å². The van der Waals surface area contributed by atoms with Gasteiger partial charge in [-0.2, -0.15) is 0 Å². The molecule has 0 atom stereocenters. The van der Waals surface area contributed by atoms with Gasteiger partial charge in [-0.15, -0.1) is 0 Å². The molecule has 0 aliphatic heterocycles. The van der Waals surface area contributed by atoms with E-state index in [0.717, 1.165) is 15.8 Å². The summed E-state index contributed by atoms with van der Waals surface area (Å²) < 4.78 is 12.0. The van der Waals surface area contributed by atoms with E-state index in [4.69, 9.17) is 20.8 Å². The van der Waals surface area contributed by atoms with Crippen LogP contribution in [0.5, 0.6) is 5.75 Å². The van der Waals surface area contributed by atoms with Gasteiger partial charge in [-0.3, -0.25) is 4.79 Å². The van der Waals surface area contributed by atoms with Gasteiger partial charge < -0.3 is 14.5 Å². The number of aryl methyl sites for hydroxylation is 1. The van der Waals surface area contributed by atoms with E-state index in [1.54, 1.807) is 19.4 Å². The van der Waals surface area contributed by atoms with Gasteiger partial charge >= 0.3 is 0 Å². The van der Waals surface area contributed by atoms with Gasteiger partial charge in [-0.1, -0.05) is 41.1 Å². The van der Waals surface area contributed by atoms with Gasteiger partial charge in [-0.25, -0.2) is 9.97 Å². The number of thiazole rings is 1. The van der Waals surface area contributed by atoms with Gasteiger partial charge in [-0.05, 0) is 24.3 Å². The van der Waals surface area contributed by atoms with Gasteiger partial charge in [0.1, 0.15) is 11.3 Å². The van der Waals surface area contributed by atoms with Crippen LogP contribution in [0.25, 0.3) is 21.5 Å². The number of anilines is 1. The van der Waals surface area contributed by atoms with Crippen molar-refractivity contribution in [3.8, 4) is 17.1 Å². The van der Waals surface area contributed by atoms with Crippen molar-refractivity contribution in [2.24, 2.45) is 0 Å². The Morgan fingerprint density at radius 3 is 2.93 bits per heavy atom. The number of carbonyl (C=O) groups excluding carboxylic acids is 1. The zero-order chi connectivity index (χ0) is 19.5. The van der Waals surface area contributed by atoms with Crippen molar-refractivity contribution < 1.29 is 13.9 Å². The Kier molecular flexibility index (Phi) is 5.27. The fourth-order valence-electron chi connectivity index (χ4n) is 2.76. The highest BCUT2D eigenvalue weighted by Gasteiger charge is 2.13. The summed E-state index contributed by atoms with van der Waals surface area (Å²) in [4.78, 5) is 21.0. The van der Waals surface area contributed by atoms with Crippen molar-refractivity contribution in [3.05, 3.63) is 59.6 Å². The Balaban J connectivity index is 1.39. The summed E-state index contributed by atoms with van der Waals surface area (Å²) in [5.74, 6) is 1.59. The number of oxazole rings is 1. The second-order valence-corrected chi connectivity index (χ2v) is 7.41. The molecule has 1 amide bonds. The molecule has 0 fully saturated rings. The molecular formula is C20H16ClN3O3S. The average Bonchev–Trinajstić information content (AvgIpc) is 3.33. The summed E-state index contributed by atoms with van der Waals surface area (Å²) >= 11 is 7.58. The summed E-state index contributed by atoms with van der Waals surface area (Å²) in [5.41, 5.74) is 1.51. The van der Waals surface area contributed by atoms with E-state index in [1.165, 1.54) is 11.3 Å². The number of carbonyl (C=O) groups is 1. The van der Waals surface area contributed by atoms with Crippen LogP contribution in [0.4, 0.5) is 5.13 Å². The van der Waals surface area contributed by atoms with Gasteiger partial charge in [0.25, 0.3) is 0 Å². The maximum atomic E-state index is 12.3. The number of fused-ring (bicyclic) bond motifs is 1. The molecule has 142 valence electrons. The number of nitrogens with one attached hydrogen (secondary N) is 1. The number of rotatable bonds is 6. The molecule has 0 spiro atoms. The van der Waals surface area contributed by atoms with E-state index in [2.05, 4.69) is 15.3 Å². The maximum absolute atomic E-state index is 12.3. The molecule has 6 nitrogen and oxygen atoms in total. The van der Waals surface area contributed by atoms with Gasteiger partial charge in [0, 0.05) is 18.4 Å². The summed E-state index contributed by atoms with van der Waals surface area (Å²) in [5, 5.41) is 3.95. The Morgan fingerprint density at radius 1 is 1.25 bits per heavy atom. The molecule has 0 saturated carbocycles. The Hall–Kier alpha value is -2.90. The fourth-order valence-corrected chi connectivity index (χ4v) is 3.88. The van der Waals surface area contributed by atoms with E-state index >= 15 is 0 Å². The minimum Gasteiger partial charge on any atom is -0.494 e. The Labute approximate surface area is 170 Å². The molecule has 8 heteroatoms. The Morgan fingerprint density at radius 2 is 2.11 bits per heavy atom. The van der Waals surface area contributed by atoms with Crippen molar-refractivity contribution in [1.29, 1.82) is 0 Å². The first-order valence-electron chi connectivity index (χ1n) is 8.57. The molecular weight excluding hydrogens is 398 g/mol. The molecule has 0 radical (unpaired) electrons. The van der Waals surface area contributed by atoms with Crippen LogP contribution in [0.15, 0.2) is 53.1 Å². The molecule has 0 aliphatic rings. The topological polar surface area (TPSA) is 77.2 Å². The van der Waals surface area contributed by atoms with Crippen molar-refractivity contribution in [3.63, 3.8) is 0 Å². The van der Waals surface area contributed by atoms with Crippen molar-refractivity contribution in [1.82, 2.24) is 9.97 Å². The first kappa shape index (κ1) is 18.5. The number of aromatic nitrogens is 2. The number of para-hydroxylation sites is 1. The lowest BCUT2D eigenvalue weighted by Crippen LogP contribution is -2.12. The van der Waals surface area contributed by atoms with E-state index in [0.29, 0.717) is 34.0 Å². The molecule has 4 aromatic rings. The molecule has 2 aromatic carbocycles. The van der Waals surface area contributed by atoms with Crippen molar-refractivity contribution >= 4 is 44.2 Å². The number of ether oxygens (including phenoxy) is 1. The smallest absolute Gasteiger partial charge is 0.226 e.